The van der Waals surface area contributed by atoms with E-state index in [1.54, 1.807) is 65.4 Å². The number of likely N-dealkylation sites (N-methyl/N-ethyl adjacent to an activating group) is 2. The molecular formula is C114H169Cl2F6N19O9. The molecule has 7 aliphatic rings. The highest BCUT2D eigenvalue weighted by Crippen LogP contribution is 2.32. The molecule has 0 aromatic heterocycles. The Morgan fingerprint density at radius 3 is 0.993 bits per heavy atom. The fraction of sp³-hybridized carbons (Fsp3) is 0.570. The molecule has 7 aromatic carbocycles. The summed E-state index contributed by atoms with van der Waals surface area (Å²) in [5, 5.41) is 1.30. The Morgan fingerprint density at radius 1 is 0.353 bits per heavy atom. The van der Waals surface area contributed by atoms with Gasteiger partial charge in [0.15, 0.2) is 5.60 Å². The summed E-state index contributed by atoms with van der Waals surface area (Å²) >= 11 is 11.9. The van der Waals surface area contributed by atoms with E-state index < -0.39 is 24.0 Å². The number of nitrogens with zero attached hydrogens (tertiary/aromatic N) is 16. The van der Waals surface area contributed by atoms with Crippen LogP contribution in [0.5, 0.6) is 5.75 Å². The molecule has 7 heterocycles. The van der Waals surface area contributed by atoms with Crippen LogP contribution in [0.15, 0.2) is 176 Å². The summed E-state index contributed by atoms with van der Waals surface area (Å²) in [5.74, 6) is -1.46. The summed E-state index contributed by atoms with van der Waals surface area (Å²) in [4.78, 5) is 122. The molecule has 6 atom stereocenters. The van der Waals surface area contributed by atoms with E-state index in [0.29, 0.717) is 96.2 Å². The van der Waals surface area contributed by atoms with Crippen molar-refractivity contribution in [3.05, 3.63) is 242 Å². The molecule has 6 N–H and O–H groups in total. The van der Waals surface area contributed by atoms with E-state index in [0.717, 1.165) is 185 Å². The van der Waals surface area contributed by atoms with Crippen LogP contribution in [0.25, 0.3) is 0 Å². The fourth-order valence-corrected chi connectivity index (χ4v) is 19.5. The van der Waals surface area contributed by atoms with Crippen molar-refractivity contribution in [3.8, 4) is 5.75 Å². The highest BCUT2D eigenvalue weighted by Gasteiger charge is 2.42. The van der Waals surface area contributed by atoms with E-state index in [2.05, 4.69) is 136 Å². The second-order valence-corrected chi connectivity index (χ2v) is 42.7. The van der Waals surface area contributed by atoms with Gasteiger partial charge in [0.25, 0.3) is 5.91 Å². The van der Waals surface area contributed by atoms with E-state index in [-0.39, 0.29) is 95.4 Å². The van der Waals surface area contributed by atoms with Crippen molar-refractivity contribution in [2.45, 2.75) is 194 Å². The SMILES string of the molecule is CC(C)N1CCN(C(=O)C(CN(C)C)c2ccc(F)cc2)CC1.CC(C)N1CCN(C(=O)C(CN)c2ccc(F)cc2)CC1.CC(C)N1CCN(C(=O)C(N)c2ccc(F)cc2)CC1.CC(C)N1CCN(C(=O)C(N)c2cccc(Cl)c2)CC1.CC(C)N1CCN(C(=O)C(c2ccc(Cl)cc2)N(C)C)CC1.CC(C)N1CCN(C(=O)Cc2ccc(OC(F)(F)F)cc2)CC1.COC(C)(C(=O)N1CCN(C(C)C)CC1)c1ccccc1. The molecule has 7 amide bonds. The van der Waals surface area contributed by atoms with Gasteiger partial charge in [-0.1, -0.05) is 126 Å². The first kappa shape index (κ1) is 125. The number of rotatable bonds is 27. The van der Waals surface area contributed by atoms with Gasteiger partial charge >= 0.3 is 6.36 Å². The molecule has 0 bridgehead atoms. The first-order valence-corrected chi connectivity index (χ1v) is 53.7. The normalized spacial score (nSPS) is 18.1. The van der Waals surface area contributed by atoms with Gasteiger partial charge in [-0.15, -0.1) is 13.2 Å². The second kappa shape index (κ2) is 61.4. The fourth-order valence-electron chi connectivity index (χ4n) is 19.1. The van der Waals surface area contributed by atoms with Gasteiger partial charge in [-0.25, -0.2) is 13.2 Å². The first-order chi connectivity index (χ1) is 71.0. The molecule has 0 radical (unpaired) electrons. The zero-order chi connectivity index (χ0) is 111. The highest BCUT2D eigenvalue weighted by atomic mass is 35.5. The lowest BCUT2D eigenvalue weighted by molar-refractivity contribution is -0.274. The summed E-state index contributed by atoms with van der Waals surface area (Å²) in [6, 6.07) is 50.1. The molecule has 7 fully saturated rings. The van der Waals surface area contributed by atoms with E-state index in [1.165, 1.54) is 60.7 Å². The number of alkyl halides is 3. The minimum atomic E-state index is -4.70. The van der Waals surface area contributed by atoms with Crippen LogP contribution in [0.3, 0.4) is 0 Å². The third-order valence-electron chi connectivity index (χ3n) is 29.0. The second-order valence-electron chi connectivity index (χ2n) is 41.9. The molecule has 6 unspecified atom stereocenters. The van der Waals surface area contributed by atoms with E-state index in [4.69, 9.17) is 45.1 Å². The number of carbonyl (C=O) groups is 7. The van der Waals surface area contributed by atoms with Crippen molar-refractivity contribution in [1.82, 2.24) is 78.4 Å². The zero-order valence-electron chi connectivity index (χ0n) is 92.2. The highest BCUT2D eigenvalue weighted by molar-refractivity contribution is 6.31. The third kappa shape index (κ3) is 39.1. The first-order valence-electron chi connectivity index (χ1n) is 53.0. The van der Waals surface area contributed by atoms with Crippen molar-refractivity contribution in [1.29, 1.82) is 0 Å². The van der Waals surface area contributed by atoms with Gasteiger partial charge in [0.05, 0.1) is 18.3 Å². The molecule has 28 nitrogen and oxygen atoms in total. The van der Waals surface area contributed by atoms with Crippen LogP contribution < -0.4 is 21.9 Å². The number of hydrogen-bond acceptors (Lipinski definition) is 21. The number of amides is 7. The van der Waals surface area contributed by atoms with Gasteiger partial charge in [0.1, 0.15) is 41.3 Å². The Balaban J connectivity index is 0.000000213. The lowest BCUT2D eigenvalue weighted by Gasteiger charge is -2.40. The van der Waals surface area contributed by atoms with Crippen LogP contribution in [-0.2, 0) is 50.3 Å². The summed E-state index contributed by atoms with van der Waals surface area (Å²) < 4.78 is 84.8. The van der Waals surface area contributed by atoms with Crippen LogP contribution in [0.4, 0.5) is 26.3 Å². The molecule has 0 saturated carbocycles. The summed E-state index contributed by atoms with van der Waals surface area (Å²) in [7, 11) is 9.42. The van der Waals surface area contributed by atoms with Gasteiger partial charge in [0.2, 0.25) is 35.4 Å². The number of halogens is 8. The van der Waals surface area contributed by atoms with Gasteiger partial charge in [-0.2, -0.15) is 0 Å². The molecule has 0 spiro atoms. The Morgan fingerprint density at radius 2 is 0.667 bits per heavy atom. The molecule has 14 rings (SSSR count). The predicted molar refractivity (Wildman–Crippen MR) is 586 cm³/mol. The van der Waals surface area contributed by atoms with E-state index in [1.807, 2.05) is 136 Å². The van der Waals surface area contributed by atoms with E-state index >= 15 is 0 Å². The van der Waals surface area contributed by atoms with Gasteiger partial charge in [-0.05, 0) is 244 Å². The molecule has 0 aliphatic carbocycles. The van der Waals surface area contributed by atoms with Crippen LogP contribution in [-0.4, -0.2) is 400 Å². The molecule has 150 heavy (non-hydrogen) atoms. The Bertz CT molecular complexity index is 5190. The maximum absolute atomic E-state index is 13.2. The van der Waals surface area contributed by atoms with Crippen LogP contribution in [0.1, 0.15) is 173 Å². The summed E-state index contributed by atoms with van der Waals surface area (Å²) in [6.45, 7) is 56.2. The standard InChI is InChI=1S/C18H28FN3O.C17H26ClN3O.C17H26N2O2.C16H21F3N2O2.C16H24FN3O.C15H22ClN3O.C15H22FN3O/c1-14(2)21-9-11-22(12-10-21)18(23)17(13-20(3)4)15-5-7-16(19)8-6-15;1-13(2)20-9-11-21(12-10-20)17(22)16(19(3)4)14-5-7-15(18)8-6-14;1-14(2)18-10-12-19(13-11-18)16(20)17(3,21-4)15-8-6-5-7-9-15;1-12(2)20-7-9-21(10-8-20)15(22)11-13-3-5-14(6-4-13)23-16(17,18)19;1-12(2)19-7-9-20(10-8-19)16(21)15(11-18)13-3-5-14(17)6-4-13;1-11(2)18-6-8-19(9-7-18)15(20)14(17)12-4-3-5-13(16)10-12;1-11(2)18-7-9-19(10-8-18)15(20)14(17)12-3-5-13(16)6-4-12/h5-8,14,17H,9-13H2,1-4H3;5-8,13,16H,9-12H2,1-4H3;5-9,14H,10-13H2,1-4H3;3-6,12H,7-11H2,1-2H3;3-6,12,15H,7-11,18H2,1-2H3;3-5,10-11,14H,6-9,17H2,1-2H3;3-6,11,14H,7-10,17H2,1-2H3. The minimum absolute atomic E-state index is 0.00195. The van der Waals surface area contributed by atoms with Crippen LogP contribution in [0.2, 0.25) is 10.0 Å². The minimum Gasteiger partial charge on any atom is -0.406 e. The number of piperazine rings is 7. The van der Waals surface area contributed by atoms with Crippen molar-refractivity contribution < 1.29 is 69.4 Å². The quantitative estimate of drug-likeness (QED) is 0.0404. The van der Waals surface area contributed by atoms with Crippen molar-refractivity contribution in [2.24, 2.45) is 17.2 Å². The van der Waals surface area contributed by atoms with E-state index in [9.17, 15) is 59.9 Å². The van der Waals surface area contributed by atoms with Gasteiger partial charge < -0.3 is 65.9 Å². The number of hydrogen-bond donors (Lipinski definition) is 3. The predicted octanol–water partition coefficient (Wildman–Crippen LogP) is 14.0. The molecule has 36 heteroatoms. The van der Waals surface area contributed by atoms with Crippen molar-refractivity contribution in [3.63, 3.8) is 0 Å². The molecule has 7 saturated heterocycles. The lowest BCUT2D eigenvalue weighted by Crippen LogP contribution is -2.55. The average molecular weight is 2130 g/mol. The number of ether oxygens (including phenoxy) is 2. The Hall–Kier alpha value is -9.73. The summed E-state index contributed by atoms with van der Waals surface area (Å²) in [6.07, 6.45) is -4.51. The molecule has 830 valence electrons. The van der Waals surface area contributed by atoms with Crippen LogP contribution >= 0.6 is 23.2 Å². The van der Waals surface area contributed by atoms with Gasteiger partial charge in [-0.3, -0.25) is 72.8 Å². The number of carbonyl (C=O) groups excluding carboxylic acids is 7. The lowest BCUT2D eigenvalue weighted by atomic mass is 9.93. The Labute approximate surface area is 898 Å². The number of methoxy groups -OCH3 is 1. The topological polar surface area (TPSA) is 268 Å². The third-order valence-corrected chi connectivity index (χ3v) is 29.5. The molecule has 7 aromatic rings. The largest absolute Gasteiger partial charge is 0.573 e. The summed E-state index contributed by atoms with van der Waals surface area (Å²) in [5.41, 5.74) is 22.6. The smallest absolute Gasteiger partial charge is 0.406 e. The Kier molecular flexibility index (Phi) is 51.3. The van der Waals surface area contributed by atoms with Crippen molar-refractivity contribution >= 4 is 64.6 Å². The maximum Gasteiger partial charge on any atom is 0.573 e. The van der Waals surface area contributed by atoms with Crippen LogP contribution in [0, 0.1) is 17.5 Å². The van der Waals surface area contributed by atoms with Crippen molar-refractivity contribution in [2.75, 3.05) is 232 Å². The molecule has 7 aliphatic heterocycles. The number of benzene rings is 7. The maximum atomic E-state index is 13.2. The average Bonchev–Trinajstić information content (AvgIpc) is 0.792. The number of nitrogens with two attached hydrogens (primary N) is 3. The monoisotopic (exact) mass is 2130 g/mol. The van der Waals surface area contributed by atoms with Gasteiger partial charge in [0, 0.05) is 256 Å². The molecular weight excluding hydrogens is 1960 g/mol. The zero-order valence-corrected chi connectivity index (χ0v) is 93.7.